The van der Waals surface area contributed by atoms with E-state index in [2.05, 4.69) is 10.4 Å². The number of β-amino-alcohol motifs (C(OH)–C–C–N with tert-alkyl or cyclic N) is 1. The SMILES string of the molecule is COc1ccc(Cn2cc(NC(=O)N3CC[C@H](O)C3)cn2)cc1. The van der Waals surface area contributed by atoms with E-state index >= 15 is 0 Å². The Morgan fingerprint density at radius 3 is 2.87 bits per heavy atom. The van der Waals surface area contributed by atoms with E-state index in [0.717, 1.165) is 11.3 Å². The van der Waals surface area contributed by atoms with Crippen LogP contribution in [0.4, 0.5) is 10.5 Å². The van der Waals surface area contributed by atoms with Gasteiger partial charge in [0, 0.05) is 19.3 Å². The van der Waals surface area contributed by atoms with Crippen molar-refractivity contribution < 1.29 is 14.6 Å². The molecule has 0 radical (unpaired) electrons. The van der Waals surface area contributed by atoms with Crippen LogP contribution in [0.3, 0.4) is 0 Å². The smallest absolute Gasteiger partial charge is 0.322 e. The third kappa shape index (κ3) is 3.81. The number of carbonyl (C=O) groups is 1. The molecule has 1 aliphatic rings. The van der Waals surface area contributed by atoms with Gasteiger partial charge >= 0.3 is 6.03 Å². The molecular weight excluding hydrogens is 296 g/mol. The summed E-state index contributed by atoms with van der Waals surface area (Å²) in [6.07, 6.45) is 3.62. The van der Waals surface area contributed by atoms with Crippen LogP contribution < -0.4 is 10.1 Å². The van der Waals surface area contributed by atoms with Crippen LogP contribution in [-0.4, -0.2) is 52.1 Å². The van der Waals surface area contributed by atoms with Crippen LogP contribution in [0.1, 0.15) is 12.0 Å². The van der Waals surface area contributed by atoms with E-state index < -0.39 is 6.10 Å². The van der Waals surface area contributed by atoms with Gasteiger partial charge in [0.15, 0.2) is 0 Å². The first-order valence-electron chi connectivity index (χ1n) is 7.53. The van der Waals surface area contributed by atoms with Gasteiger partial charge in [0.05, 0.1) is 31.6 Å². The number of hydrogen-bond donors (Lipinski definition) is 2. The number of amides is 2. The first-order chi connectivity index (χ1) is 11.1. The number of likely N-dealkylation sites (tertiary alicyclic amines) is 1. The number of carbonyl (C=O) groups excluding carboxylic acids is 1. The Balaban J connectivity index is 1.58. The van der Waals surface area contributed by atoms with Crippen molar-refractivity contribution >= 4 is 11.7 Å². The van der Waals surface area contributed by atoms with Crippen molar-refractivity contribution in [1.29, 1.82) is 0 Å². The monoisotopic (exact) mass is 316 g/mol. The molecule has 3 rings (SSSR count). The highest BCUT2D eigenvalue weighted by Crippen LogP contribution is 2.15. The van der Waals surface area contributed by atoms with Gasteiger partial charge in [-0.2, -0.15) is 5.10 Å². The number of hydrogen-bond acceptors (Lipinski definition) is 4. The molecule has 1 saturated heterocycles. The summed E-state index contributed by atoms with van der Waals surface area (Å²) in [7, 11) is 1.64. The molecule has 0 spiro atoms. The fourth-order valence-electron chi connectivity index (χ4n) is 2.56. The highest BCUT2D eigenvalue weighted by Gasteiger charge is 2.24. The van der Waals surface area contributed by atoms with E-state index in [1.807, 2.05) is 24.3 Å². The molecule has 0 aliphatic carbocycles. The Morgan fingerprint density at radius 1 is 1.43 bits per heavy atom. The Morgan fingerprint density at radius 2 is 2.22 bits per heavy atom. The van der Waals surface area contributed by atoms with Gasteiger partial charge in [0.2, 0.25) is 0 Å². The third-order valence-electron chi connectivity index (χ3n) is 3.84. The fourth-order valence-corrected chi connectivity index (χ4v) is 2.56. The zero-order chi connectivity index (χ0) is 16.2. The van der Waals surface area contributed by atoms with Crippen LogP contribution in [-0.2, 0) is 6.54 Å². The minimum atomic E-state index is -0.418. The lowest BCUT2D eigenvalue weighted by atomic mass is 10.2. The van der Waals surface area contributed by atoms with E-state index in [0.29, 0.717) is 31.7 Å². The molecule has 0 unspecified atom stereocenters. The van der Waals surface area contributed by atoms with Gasteiger partial charge in [0.25, 0.3) is 0 Å². The van der Waals surface area contributed by atoms with Crippen molar-refractivity contribution in [2.75, 3.05) is 25.5 Å². The lowest BCUT2D eigenvalue weighted by Crippen LogP contribution is -2.33. The highest BCUT2D eigenvalue weighted by molar-refractivity contribution is 5.89. The summed E-state index contributed by atoms with van der Waals surface area (Å²) in [5.41, 5.74) is 1.74. The lowest BCUT2D eigenvalue weighted by molar-refractivity contribution is 0.176. The topological polar surface area (TPSA) is 79.6 Å². The van der Waals surface area contributed by atoms with Gasteiger partial charge < -0.3 is 20.1 Å². The highest BCUT2D eigenvalue weighted by atomic mass is 16.5. The summed E-state index contributed by atoms with van der Waals surface area (Å²) >= 11 is 0. The van der Waals surface area contributed by atoms with E-state index in [1.165, 1.54) is 0 Å². The molecule has 1 atom stereocenters. The Bertz CT molecular complexity index is 668. The molecule has 1 aromatic carbocycles. The van der Waals surface area contributed by atoms with Crippen molar-refractivity contribution in [2.45, 2.75) is 19.1 Å². The number of benzene rings is 1. The van der Waals surface area contributed by atoms with E-state index in [4.69, 9.17) is 4.74 Å². The van der Waals surface area contributed by atoms with Crippen molar-refractivity contribution in [1.82, 2.24) is 14.7 Å². The number of nitrogens with one attached hydrogen (secondary N) is 1. The Kier molecular flexibility index (Phi) is 4.47. The fraction of sp³-hybridized carbons (Fsp3) is 0.375. The maximum Gasteiger partial charge on any atom is 0.322 e. The van der Waals surface area contributed by atoms with Crippen molar-refractivity contribution in [3.8, 4) is 5.75 Å². The minimum absolute atomic E-state index is 0.203. The molecule has 0 saturated carbocycles. The van der Waals surface area contributed by atoms with Crippen molar-refractivity contribution in [3.05, 3.63) is 42.2 Å². The standard InChI is InChI=1S/C16H20N4O3/c1-23-15-4-2-12(3-5-15)9-20-10-13(8-17-20)18-16(22)19-7-6-14(21)11-19/h2-5,8,10,14,21H,6-7,9,11H2,1H3,(H,18,22)/t14-/m0/s1. The summed E-state index contributed by atoms with van der Waals surface area (Å²) in [5.74, 6) is 0.815. The molecule has 7 heteroatoms. The third-order valence-corrected chi connectivity index (χ3v) is 3.84. The minimum Gasteiger partial charge on any atom is -0.497 e. The number of aliphatic hydroxyl groups is 1. The molecule has 2 heterocycles. The molecule has 1 aliphatic heterocycles. The molecule has 2 N–H and O–H groups in total. The summed E-state index contributed by atoms with van der Waals surface area (Å²) in [5, 5.41) is 16.5. The predicted molar refractivity (Wildman–Crippen MR) is 85.5 cm³/mol. The van der Waals surface area contributed by atoms with Gasteiger partial charge in [-0.1, -0.05) is 12.1 Å². The van der Waals surface area contributed by atoms with E-state index in [-0.39, 0.29) is 6.03 Å². The van der Waals surface area contributed by atoms with Crippen LogP contribution in [0.5, 0.6) is 5.75 Å². The van der Waals surface area contributed by atoms with Gasteiger partial charge in [0.1, 0.15) is 5.75 Å². The largest absolute Gasteiger partial charge is 0.497 e. The van der Waals surface area contributed by atoms with Crippen LogP contribution >= 0.6 is 0 Å². The maximum absolute atomic E-state index is 12.1. The molecule has 122 valence electrons. The van der Waals surface area contributed by atoms with Gasteiger partial charge in [-0.15, -0.1) is 0 Å². The molecular formula is C16H20N4O3. The van der Waals surface area contributed by atoms with E-state index in [9.17, 15) is 9.90 Å². The number of anilines is 1. The number of aromatic nitrogens is 2. The number of rotatable bonds is 4. The van der Waals surface area contributed by atoms with Crippen LogP contribution in [0.2, 0.25) is 0 Å². The number of methoxy groups -OCH3 is 1. The van der Waals surface area contributed by atoms with Crippen LogP contribution in [0.15, 0.2) is 36.7 Å². The molecule has 2 amide bonds. The molecule has 23 heavy (non-hydrogen) atoms. The molecule has 1 aromatic heterocycles. The quantitative estimate of drug-likeness (QED) is 0.897. The average Bonchev–Trinajstić information content (AvgIpc) is 3.17. The zero-order valence-electron chi connectivity index (χ0n) is 13.0. The van der Waals surface area contributed by atoms with Crippen molar-refractivity contribution in [2.24, 2.45) is 0 Å². The summed E-state index contributed by atoms with van der Waals surface area (Å²) in [6, 6.07) is 7.56. The number of aliphatic hydroxyl groups excluding tert-OH is 1. The lowest BCUT2D eigenvalue weighted by Gasteiger charge is -2.15. The average molecular weight is 316 g/mol. The predicted octanol–water partition coefficient (Wildman–Crippen LogP) is 1.54. The van der Waals surface area contributed by atoms with E-state index in [1.54, 1.807) is 29.1 Å². The maximum atomic E-state index is 12.1. The first kappa shape index (κ1) is 15.4. The zero-order valence-corrected chi connectivity index (χ0v) is 13.0. The van der Waals surface area contributed by atoms with Crippen LogP contribution in [0, 0.1) is 0 Å². The summed E-state index contributed by atoms with van der Waals surface area (Å²) in [6.45, 7) is 1.57. The molecule has 0 bridgehead atoms. The van der Waals surface area contributed by atoms with Crippen molar-refractivity contribution in [3.63, 3.8) is 0 Å². The second-order valence-electron chi connectivity index (χ2n) is 5.59. The Hall–Kier alpha value is -2.54. The Labute approximate surface area is 134 Å². The molecule has 7 nitrogen and oxygen atoms in total. The number of ether oxygens (including phenoxy) is 1. The second-order valence-corrected chi connectivity index (χ2v) is 5.59. The molecule has 2 aromatic rings. The van der Waals surface area contributed by atoms with Gasteiger partial charge in [-0.05, 0) is 24.1 Å². The van der Waals surface area contributed by atoms with Crippen LogP contribution in [0.25, 0.3) is 0 Å². The number of urea groups is 1. The summed E-state index contributed by atoms with van der Waals surface area (Å²) in [4.78, 5) is 13.7. The second kappa shape index (κ2) is 6.70. The summed E-state index contributed by atoms with van der Waals surface area (Å²) < 4.78 is 6.89. The van der Waals surface area contributed by atoms with Gasteiger partial charge in [-0.3, -0.25) is 4.68 Å². The normalized spacial score (nSPS) is 17.3. The molecule has 1 fully saturated rings. The van der Waals surface area contributed by atoms with Gasteiger partial charge in [-0.25, -0.2) is 4.79 Å². The first-order valence-corrected chi connectivity index (χ1v) is 7.53. The number of nitrogens with zero attached hydrogens (tertiary/aromatic N) is 3.